The predicted molar refractivity (Wildman–Crippen MR) is 146 cm³/mol. The molecule has 174 valence electrons. The third-order valence-corrected chi connectivity index (χ3v) is 6.85. The number of anilines is 2. The average Bonchev–Trinajstić information content (AvgIpc) is 2.93. The van der Waals surface area contributed by atoms with E-state index in [-0.39, 0.29) is 34.1 Å². The molecule has 0 saturated carbocycles. The number of benzene rings is 3. The summed E-state index contributed by atoms with van der Waals surface area (Å²) in [7, 11) is 0. The van der Waals surface area contributed by atoms with E-state index in [0.717, 1.165) is 33.5 Å². The van der Waals surface area contributed by atoms with Crippen molar-refractivity contribution in [3.63, 3.8) is 0 Å². The number of carbonyl (C=O) groups is 2. The fraction of sp³-hybridized carbons (Fsp3) is 0.214. The molecule has 2 aliphatic rings. The molecular weight excluding hydrogens is 556 g/mol. The summed E-state index contributed by atoms with van der Waals surface area (Å²) in [5.41, 5.74) is 4.51. The van der Waals surface area contributed by atoms with E-state index in [2.05, 4.69) is 35.1 Å². The molecule has 1 amide bonds. The number of rotatable bonds is 2. The van der Waals surface area contributed by atoms with Gasteiger partial charge < -0.3 is 5.32 Å². The molecular formula is C28H26Br2N2O2. The smallest absolute Gasteiger partial charge is 0.259 e. The van der Waals surface area contributed by atoms with Crippen LogP contribution in [0.25, 0.3) is 0 Å². The predicted octanol–water partition coefficient (Wildman–Crippen LogP) is 7.48. The van der Waals surface area contributed by atoms with Gasteiger partial charge in [-0.3, -0.25) is 14.5 Å². The fourth-order valence-corrected chi connectivity index (χ4v) is 5.16. The van der Waals surface area contributed by atoms with Gasteiger partial charge in [0.2, 0.25) is 0 Å². The zero-order valence-corrected chi connectivity index (χ0v) is 22.3. The van der Waals surface area contributed by atoms with Gasteiger partial charge in [-0.15, -0.1) is 17.0 Å². The first-order valence-corrected chi connectivity index (χ1v) is 11.9. The van der Waals surface area contributed by atoms with Crippen molar-refractivity contribution >= 4 is 56.0 Å². The van der Waals surface area contributed by atoms with Crippen LogP contribution < -0.4 is 10.2 Å². The summed E-state index contributed by atoms with van der Waals surface area (Å²) < 4.78 is 0.949. The molecule has 4 nitrogen and oxygen atoms in total. The number of halogens is 2. The maximum Gasteiger partial charge on any atom is 0.259 e. The van der Waals surface area contributed by atoms with Gasteiger partial charge in [0.1, 0.15) is 0 Å². The molecule has 1 atom stereocenters. The van der Waals surface area contributed by atoms with Crippen LogP contribution in [0.15, 0.2) is 94.6 Å². The summed E-state index contributed by atoms with van der Waals surface area (Å²) in [4.78, 5) is 29.5. The van der Waals surface area contributed by atoms with E-state index >= 15 is 0 Å². The van der Waals surface area contributed by atoms with Crippen molar-refractivity contribution in [3.05, 3.63) is 106 Å². The number of nitrogens with one attached hydrogen (secondary N) is 1. The van der Waals surface area contributed by atoms with Crippen LogP contribution in [0.3, 0.4) is 0 Å². The van der Waals surface area contributed by atoms with Gasteiger partial charge >= 0.3 is 0 Å². The van der Waals surface area contributed by atoms with E-state index in [1.54, 1.807) is 4.90 Å². The number of allylic oxidation sites excluding steroid dienone is 1. The standard InChI is InChI=1S/C28H25BrN2O2.BrH/c1-28(2)16-22-25(24(32)17-28)26(18-12-14-20(29)15-13-18)31(23-11-7-6-10-21(23)30-22)27(33)19-8-4-3-5-9-19;/h3-15,26,30H,16-17H2,1-2H3;1H. The minimum Gasteiger partial charge on any atom is -0.357 e. The third-order valence-electron chi connectivity index (χ3n) is 6.33. The zero-order valence-electron chi connectivity index (χ0n) is 19.0. The van der Waals surface area contributed by atoms with Gasteiger partial charge in [-0.2, -0.15) is 0 Å². The van der Waals surface area contributed by atoms with Crippen LogP contribution in [0.1, 0.15) is 48.7 Å². The first-order valence-electron chi connectivity index (χ1n) is 11.1. The Balaban J connectivity index is 0.00000274. The highest BCUT2D eigenvalue weighted by Gasteiger charge is 2.43. The van der Waals surface area contributed by atoms with Crippen LogP contribution in [0.4, 0.5) is 11.4 Å². The lowest BCUT2D eigenvalue weighted by atomic mass is 9.73. The number of para-hydroxylation sites is 2. The monoisotopic (exact) mass is 580 g/mol. The highest BCUT2D eigenvalue weighted by Crippen LogP contribution is 2.48. The number of nitrogens with zero attached hydrogens (tertiary/aromatic N) is 1. The second-order valence-corrected chi connectivity index (χ2v) is 10.4. The Morgan fingerprint density at radius 3 is 2.29 bits per heavy atom. The Kier molecular flexibility index (Phi) is 6.83. The van der Waals surface area contributed by atoms with Crippen molar-refractivity contribution in [1.29, 1.82) is 0 Å². The zero-order chi connectivity index (χ0) is 23.2. The van der Waals surface area contributed by atoms with Crippen LogP contribution in [-0.2, 0) is 4.79 Å². The number of amides is 1. The molecule has 6 heteroatoms. The number of Topliss-reactive ketones (excluding diaryl/α,β-unsaturated/α-hetero) is 1. The van der Waals surface area contributed by atoms with Crippen LogP contribution in [0.2, 0.25) is 0 Å². The number of hydrogen-bond donors (Lipinski definition) is 1. The lowest BCUT2D eigenvalue weighted by Gasteiger charge is -2.37. The summed E-state index contributed by atoms with van der Waals surface area (Å²) >= 11 is 3.52. The molecule has 0 radical (unpaired) electrons. The number of fused-ring (bicyclic) bond motifs is 1. The van der Waals surface area contributed by atoms with E-state index in [9.17, 15) is 9.59 Å². The molecule has 0 aromatic heterocycles. The van der Waals surface area contributed by atoms with Crippen LogP contribution >= 0.6 is 32.9 Å². The van der Waals surface area contributed by atoms with Gasteiger partial charge in [0.05, 0.1) is 17.4 Å². The summed E-state index contributed by atoms with van der Waals surface area (Å²) in [6.45, 7) is 4.24. The maximum atomic E-state index is 14.0. The van der Waals surface area contributed by atoms with E-state index in [4.69, 9.17) is 0 Å². The summed E-state index contributed by atoms with van der Waals surface area (Å²) in [5, 5.41) is 3.55. The number of ketones is 1. The summed E-state index contributed by atoms with van der Waals surface area (Å²) in [6.07, 6.45) is 1.19. The number of hydrogen-bond acceptors (Lipinski definition) is 3. The Morgan fingerprint density at radius 1 is 0.941 bits per heavy atom. The lowest BCUT2D eigenvalue weighted by molar-refractivity contribution is -0.118. The normalized spacial score (nSPS) is 18.7. The van der Waals surface area contributed by atoms with Gasteiger partial charge in [0.25, 0.3) is 5.91 Å². The highest BCUT2D eigenvalue weighted by atomic mass is 79.9. The molecule has 5 rings (SSSR count). The van der Waals surface area contributed by atoms with E-state index < -0.39 is 6.04 Å². The fourth-order valence-electron chi connectivity index (χ4n) is 4.89. The Labute approximate surface area is 219 Å². The largest absolute Gasteiger partial charge is 0.357 e. The van der Waals surface area contributed by atoms with Crippen molar-refractivity contribution < 1.29 is 9.59 Å². The van der Waals surface area contributed by atoms with Crippen molar-refractivity contribution in [2.45, 2.75) is 32.7 Å². The van der Waals surface area contributed by atoms with Gasteiger partial charge in [-0.1, -0.05) is 72.2 Å². The van der Waals surface area contributed by atoms with Crippen LogP contribution in [0.5, 0.6) is 0 Å². The van der Waals surface area contributed by atoms with Crippen molar-refractivity contribution in [2.24, 2.45) is 5.41 Å². The van der Waals surface area contributed by atoms with Crippen molar-refractivity contribution in [2.75, 3.05) is 10.2 Å². The summed E-state index contributed by atoms with van der Waals surface area (Å²) in [6, 6.07) is 24.5. The quantitative estimate of drug-likeness (QED) is 0.341. The van der Waals surface area contributed by atoms with Crippen molar-refractivity contribution in [3.8, 4) is 0 Å². The highest BCUT2D eigenvalue weighted by molar-refractivity contribution is 9.10. The molecule has 0 spiro atoms. The van der Waals surface area contributed by atoms with Crippen LogP contribution in [0, 0.1) is 5.41 Å². The molecule has 3 aromatic carbocycles. The minimum atomic E-state index is -0.527. The van der Waals surface area contributed by atoms with E-state index in [1.807, 2.05) is 78.9 Å². The van der Waals surface area contributed by atoms with Gasteiger partial charge in [-0.05, 0) is 53.8 Å². The third kappa shape index (κ3) is 4.49. The Hall–Kier alpha value is -2.70. The number of carbonyl (C=O) groups excluding carboxylic acids is 2. The first-order chi connectivity index (χ1) is 15.8. The SMILES string of the molecule is Br.CC1(C)CC(=O)C2=C(C1)Nc1ccccc1N(C(=O)c1ccccc1)C2c1ccc(Br)cc1. The molecule has 1 aliphatic heterocycles. The molecule has 1 heterocycles. The molecule has 1 N–H and O–H groups in total. The Morgan fingerprint density at radius 2 is 1.59 bits per heavy atom. The molecule has 0 fully saturated rings. The topological polar surface area (TPSA) is 49.4 Å². The van der Waals surface area contributed by atoms with Gasteiger partial charge in [0, 0.05) is 27.7 Å². The molecule has 3 aromatic rings. The van der Waals surface area contributed by atoms with Crippen LogP contribution in [-0.4, -0.2) is 11.7 Å². The second kappa shape index (κ2) is 9.51. The molecule has 1 aliphatic carbocycles. The molecule has 0 bridgehead atoms. The van der Waals surface area contributed by atoms with Crippen molar-refractivity contribution in [1.82, 2.24) is 0 Å². The first kappa shape index (κ1) is 24.4. The maximum absolute atomic E-state index is 14.0. The lowest BCUT2D eigenvalue weighted by Crippen LogP contribution is -2.39. The molecule has 34 heavy (non-hydrogen) atoms. The van der Waals surface area contributed by atoms with Gasteiger partial charge in [0.15, 0.2) is 5.78 Å². The van der Waals surface area contributed by atoms with E-state index in [0.29, 0.717) is 17.6 Å². The van der Waals surface area contributed by atoms with E-state index in [1.165, 1.54) is 0 Å². The second-order valence-electron chi connectivity index (χ2n) is 9.47. The minimum absolute atomic E-state index is 0. The molecule has 0 saturated heterocycles. The summed E-state index contributed by atoms with van der Waals surface area (Å²) in [5.74, 6) is -0.0514. The molecule has 1 unspecified atom stereocenters. The Bertz CT molecular complexity index is 1270. The van der Waals surface area contributed by atoms with Gasteiger partial charge in [-0.25, -0.2) is 0 Å². The average molecular weight is 582 g/mol.